The minimum atomic E-state index is -0.284. The molecule has 0 spiro atoms. The number of rotatable bonds is 4. The average Bonchev–Trinajstić information content (AvgIpc) is 2.29. The van der Waals surface area contributed by atoms with Crippen LogP contribution in [0, 0.1) is 5.92 Å². The van der Waals surface area contributed by atoms with Crippen molar-refractivity contribution < 1.29 is 9.90 Å². The summed E-state index contributed by atoms with van der Waals surface area (Å²) in [6, 6.07) is 4.89. The first-order valence-electron chi connectivity index (χ1n) is 4.89. The van der Waals surface area contributed by atoms with Crippen LogP contribution in [0.1, 0.15) is 17.3 Å². The molecule has 5 heteroatoms. The van der Waals surface area contributed by atoms with E-state index in [9.17, 15) is 4.79 Å². The second-order valence-electron chi connectivity index (χ2n) is 3.60. The molecule has 1 unspecified atom stereocenters. The number of halogens is 2. The highest BCUT2D eigenvalue weighted by Crippen LogP contribution is 2.25. The summed E-state index contributed by atoms with van der Waals surface area (Å²) in [5, 5.41) is 12.1. The minimum Gasteiger partial charge on any atom is -0.396 e. The van der Waals surface area contributed by atoms with Gasteiger partial charge in [-0.05, 0) is 18.1 Å². The molecule has 0 aliphatic carbocycles. The molecular weight excluding hydrogens is 249 g/mol. The predicted molar refractivity (Wildman–Crippen MR) is 65.0 cm³/mol. The average molecular weight is 262 g/mol. The number of benzene rings is 1. The fraction of sp³-hybridized carbons (Fsp3) is 0.364. The molecule has 0 radical (unpaired) electrons. The third kappa shape index (κ3) is 3.37. The summed E-state index contributed by atoms with van der Waals surface area (Å²) in [6.45, 7) is 2.27. The monoisotopic (exact) mass is 261 g/mol. The normalized spacial score (nSPS) is 12.2. The zero-order valence-electron chi connectivity index (χ0n) is 8.84. The summed E-state index contributed by atoms with van der Waals surface area (Å²) in [7, 11) is 0. The van der Waals surface area contributed by atoms with Crippen LogP contribution in [0.15, 0.2) is 18.2 Å². The van der Waals surface area contributed by atoms with E-state index in [1.54, 1.807) is 18.2 Å². The van der Waals surface area contributed by atoms with E-state index in [-0.39, 0.29) is 23.5 Å². The summed E-state index contributed by atoms with van der Waals surface area (Å²) in [4.78, 5) is 11.7. The Labute approximate surface area is 104 Å². The molecule has 1 aromatic rings. The van der Waals surface area contributed by atoms with Crippen molar-refractivity contribution in [3.05, 3.63) is 33.8 Å². The Hall–Kier alpha value is -0.770. The first-order chi connectivity index (χ1) is 7.56. The van der Waals surface area contributed by atoms with Crippen LogP contribution in [0.3, 0.4) is 0 Å². The van der Waals surface area contributed by atoms with Gasteiger partial charge < -0.3 is 10.4 Å². The molecule has 0 saturated heterocycles. The largest absolute Gasteiger partial charge is 0.396 e. The maximum absolute atomic E-state index is 11.7. The molecule has 2 N–H and O–H groups in total. The van der Waals surface area contributed by atoms with Crippen LogP contribution < -0.4 is 5.32 Å². The van der Waals surface area contributed by atoms with Crippen molar-refractivity contribution in [3.63, 3.8) is 0 Å². The van der Waals surface area contributed by atoms with Crippen molar-refractivity contribution in [1.82, 2.24) is 5.32 Å². The van der Waals surface area contributed by atoms with E-state index in [2.05, 4.69) is 5.32 Å². The highest BCUT2D eigenvalue weighted by atomic mass is 35.5. The number of aliphatic hydroxyl groups excluding tert-OH is 1. The molecule has 3 nitrogen and oxygen atoms in total. The number of aliphatic hydroxyl groups is 1. The van der Waals surface area contributed by atoms with Crippen LogP contribution in [0.2, 0.25) is 10.0 Å². The van der Waals surface area contributed by atoms with Gasteiger partial charge in [0, 0.05) is 13.2 Å². The predicted octanol–water partition coefficient (Wildman–Crippen LogP) is 2.35. The third-order valence-corrected chi connectivity index (χ3v) is 2.94. The first kappa shape index (κ1) is 13.3. The Morgan fingerprint density at radius 2 is 2.19 bits per heavy atom. The van der Waals surface area contributed by atoms with Crippen LogP contribution in [-0.2, 0) is 0 Å². The van der Waals surface area contributed by atoms with Gasteiger partial charge in [-0.2, -0.15) is 0 Å². The van der Waals surface area contributed by atoms with E-state index in [1.807, 2.05) is 6.92 Å². The summed E-state index contributed by atoms with van der Waals surface area (Å²) in [5.41, 5.74) is 0.347. The van der Waals surface area contributed by atoms with E-state index in [0.717, 1.165) is 0 Å². The smallest absolute Gasteiger partial charge is 0.252 e. The van der Waals surface area contributed by atoms with Crippen LogP contribution in [-0.4, -0.2) is 24.2 Å². The van der Waals surface area contributed by atoms with E-state index in [0.29, 0.717) is 17.1 Å². The minimum absolute atomic E-state index is 0.0157. The molecule has 1 amide bonds. The lowest BCUT2D eigenvalue weighted by atomic mass is 10.1. The molecule has 0 aliphatic rings. The molecule has 0 aromatic heterocycles. The quantitative estimate of drug-likeness (QED) is 0.875. The number of carbonyl (C=O) groups is 1. The Morgan fingerprint density at radius 1 is 1.50 bits per heavy atom. The standard InChI is InChI=1S/C11H13Cl2NO2/c1-7(6-15)5-14-11(16)8-3-2-4-9(12)10(8)13/h2-4,7,15H,5-6H2,1H3,(H,14,16). The molecular formula is C11H13Cl2NO2. The SMILES string of the molecule is CC(CO)CNC(=O)c1cccc(Cl)c1Cl. The molecule has 1 atom stereocenters. The highest BCUT2D eigenvalue weighted by molar-refractivity contribution is 6.43. The fourth-order valence-electron chi connectivity index (χ4n) is 1.11. The molecule has 16 heavy (non-hydrogen) atoms. The van der Waals surface area contributed by atoms with Crippen molar-refractivity contribution >= 4 is 29.1 Å². The topological polar surface area (TPSA) is 49.3 Å². The lowest BCUT2D eigenvalue weighted by Gasteiger charge is -2.10. The van der Waals surface area contributed by atoms with Gasteiger partial charge in [-0.1, -0.05) is 36.2 Å². The number of carbonyl (C=O) groups excluding carboxylic acids is 1. The maximum atomic E-state index is 11.7. The van der Waals surface area contributed by atoms with Gasteiger partial charge in [0.15, 0.2) is 0 Å². The second-order valence-corrected chi connectivity index (χ2v) is 4.38. The zero-order valence-corrected chi connectivity index (χ0v) is 10.3. The maximum Gasteiger partial charge on any atom is 0.252 e. The van der Waals surface area contributed by atoms with Crippen LogP contribution in [0.25, 0.3) is 0 Å². The molecule has 1 rings (SSSR count). The van der Waals surface area contributed by atoms with Crippen molar-refractivity contribution in [2.75, 3.05) is 13.2 Å². The van der Waals surface area contributed by atoms with Crippen molar-refractivity contribution in [2.45, 2.75) is 6.92 Å². The Morgan fingerprint density at radius 3 is 2.81 bits per heavy atom. The van der Waals surface area contributed by atoms with Gasteiger partial charge in [-0.25, -0.2) is 0 Å². The zero-order chi connectivity index (χ0) is 12.1. The van der Waals surface area contributed by atoms with Gasteiger partial charge in [-0.15, -0.1) is 0 Å². The van der Waals surface area contributed by atoms with E-state index >= 15 is 0 Å². The molecule has 0 saturated carbocycles. The van der Waals surface area contributed by atoms with Crippen LogP contribution in [0.4, 0.5) is 0 Å². The molecule has 0 fully saturated rings. The summed E-state index contributed by atoms with van der Waals surface area (Å²) >= 11 is 11.7. The second kappa shape index (κ2) is 6.09. The van der Waals surface area contributed by atoms with Crippen LogP contribution >= 0.6 is 23.2 Å². The number of amides is 1. The number of hydrogen-bond acceptors (Lipinski definition) is 2. The van der Waals surface area contributed by atoms with Gasteiger partial charge in [-0.3, -0.25) is 4.79 Å². The lowest BCUT2D eigenvalue weighted by molar-refractivity contribution is 0.0942. The first-order valence-corrected chi connectivity index (χ1v) is 5.65. The Kier molecular flexibility index (Phi) is 5.06. The number of hydrogen-bond donors (Lipinski definition) is 2. The van der Waals surface area contributed by atoms with Gasteiger partial charge in [0.1, 0.15) is 0 Å². The van der Waals surface area contributed by atoms with Gasteiger partial charge in [0.05, 0.1) is 15.6 Å². The summed E-state index contributed by atoms with van der Waals surface area (Å²) < 4.78 is 0. The van der Waals surface area contributed by atoms with Gasteiger partial charge in [0.25, 0.3) is 5.91 Å². The Bertz CT molecular complexity index is 382. The van der Waals surface area contributed by atoms with E-state index < -0.39 is 0 Å². The summed E-state index contributed by atoms with van der Waals surface area (Å²) in [6.07, 6.45) is 0. The molecule has 0 heterocycles. The lowest BCUT2D eigenvalue weighted by Crippen LogP contribution is -2.29. The Balaban J connectivity index is 2.70. The molecule has 0 aliphatic heterocycles. The van der Waals surface area contributed by atoms with Gasteiger partial charge >= 0.3 is 0 Å². The van der Waals surface area contributed by atoms with E-state index in [1.165, 1.54) is 0 Å². The van der Waals surface area contributed by atoms with Crippen molar-refractivity contribution in [1.29, 1.82) is 0 Å². The van der Waals surface area contributed by atoms with Crippen molar-refractivity contribution in [2.24, 2.45) is 5.92 Å². The van der Waals surface area contributed by atoms with Gasteiger partial charge in [0.2, 0.25) is 0 Å². The van der Waals surface area contributed by atoms with Crippen molar-refractivity contribution in [3.8, 4) is 0 Å². The highest BCUT2D eigenvalue weighted by Gasteiger charge is 2.12. The molecule has 0 bridgehead atoms. The third-order valence-electron chi connectivity index (χ3n) is 2.12. The number of nitrogens with one attached hydrogen (secondary N) is 1. The summed E-state index contributed by atoms with van der Waals surface area (Å²) in [5.74, 6) is -0.269. The molecule has 1 aromatic carbocycles. The van der Waals surface area contributed by atoms with Crippen LogP contribution in [0.5, 0.6) is 0 Å². The molecule has 88 valence electrons. The fourth-order valence-corrected chi connectivity index (χ4v) is 1.49. The van der Waals surface area contributed by atoms with E-state index in [4.69, 9.17) is 28.3 Å².